The fraction of sp³-hybridized carbons (Fsp3) is 0.333. The Hall–Kier alpha value is -2.02. The summed E-state index contributed by atoms with van der Waals surface area (Å²) in [5, 5.41) is 16.8. The van der Waals surface area contributed by atoms with Crippen LogP contribution in [0.5, 0.6) is 0 Å². The molecule has 2 rings (SSSR count). The van der Waals surface area contributed by atoms with Gasteiger partial charge in [0.05, 0.1) is 10.5 Å². The van der Waals surface area contributed by atoms with Crippen molar-refractivity contribution in [2.24, 2.45) is 0 Å². The van der Waals surface area contributed by atoms with Gasteiger partial charge in [-0.15, -0.1) is 11.3 Å². The van der Waals surface area contributed by atoms with Crippen LogP contribution < -0.4 is 5.32 Å². The number of aromatic nitrogens is 2. The van der Waals surface area contributed by atoms with Crippen molar-refractivity contribution >= 4 is 22.8 Å². The number of nitro groups is 1. The van der Waals surface area contributed by atoms with Crippen LogP contribution in [-0.4, -0.2) is 14.9 Å². The van der Waals surface area contributed by atoms with E-state index in [-0.39, 0.29) is 11.2 Å². The molecular weight excluding hydrogens is 264 g/mol. The lowest BCUT2D eigenvalue weighted by atomic mass is 10.1. The van der Waals surface area contributed by atoms with Crippen LogP contribution in [0.25, 0.3) is 0 Å². The van der Waals surface area contributed by atoms with Gasteiger partial charge in [-0.05, 0) is 26.8 Å². The summed E-state index contributed by atoms with van der Waals surface area (Å²) in [5.41, 5.74) is 0.235. The Morgan fingerprint density at radius 2 is 2.16 bits per heavy atom. The molecule has 0 aliphatic rings. The Bertz CT molecular complexity index is 596. The van der Waals surface area contributed by atoms with Gasteiger partial charge in [-0.1, -0.05) is 0 Å². The molecule has 1 N–H and O–H groups in total. The fourth-order valence-electron chi connectivity index (χ4n) is 1.71. The molecule has 0 radical (unpaired) electrons. The zero-order valence-electron chi connectivity index (χ0n) is 10.9. The van der Waals surface area contributed by atoms with E-state index < -0.39 is 4.92 Å². The zero-order chi connectivity index (χ0) is 14.0. The smallest absolute Gasteiger partial charge is 0.290 e. The first-order valence-corrected chi connectivity index (χ1v) is 6.57. The van der Waals surface area contributed by atoms with Gasteiger partial charge in [0.1, 0.15) is 17.0 Å². The maximum atomic E-state index is 10.7. The second kappa shape index (κ2) is 4.93. The molecule has 7 heteroatoms. The van der Waals surface area contributed by atoms with E-state index in [0.717, 1.165) is 5.01 Å². The van der Waals surface area contributed by atoms with Gasteiger partial charge >= 0.3 is 0 Å². The first-order valence-electron chi connectivity index (χ1n) is 5.69. The van der Waals surface area contributed by atoms with E-state index in [0.29, 0.717) is 11.4 Å². The quantitative estimate of drug-likeness (QED) is 0.686. The first-order chi connectivity index (χ1) is 8.90. The molecule has 0 saturated carbocycles. The predicted molar refractivity (Wildman–Crippen MR) is 74.4 cm³/mol. The molecule has 0 saturated heterocycles. The summed E-state index contributed by atoms with van der Waals surface area (Å²) in [6.45, 7) is 5.68. The molecule has 0 spiro atoms. The van der Waals surface area contributed by atoms with Crippen LogP contribution in [-0.2, 0) is 5.54 Å². The molecule has 0 fully saturated rings. The van der Waals surface area contributed by atoms with Crippen LogP contribution in [0, 0.1) is 17.0 Å². The van der Waals surface area contributed by atoms with Crippen molar-refractivity contribution < 1.29 is 4.92 Å². The zero-order valence-corrected chi connectivity index (χ0v) is 11.7. The molecule has 2 heterocycles. The third-order valence-corrected chi connectivity index (χ3v) is 3.78. The van der Waals surface area contributed by atoms with E-state index >= 15 is 0 Å². The molecule has 0 bridgehead atoms. The second-order valence-electron chi connectivity index (χ2n) is 4.70. The van der Waals surface area contributed by atoms with Crippen LogP contribution in [0.1, 0.15) is 24.4 Å². The molecule has 0 amide bonds. The van der Waals surface area contributed by atoms with E-state index in [4.69, 9.17) is 0 Å². The van der Waals surface area contributed by atoms with Crippen molar-refractivity contribution in [3.63, 3.8) is 0 Å². The SMILES string of the molecule is Cc1cc(NC(C)(C)c2nccs2)ncc1[N+](=O)[O-]. The van der Waals surface area contributed by atoms with Crippen LogP contribution in [0.15, 0.2) is 23.8 Å². The molecule has 2 aromatic rings. The van der Waals surface area contributed by atoms with Crippen LogP contribution in [0.3, 0.4) is 0 Å². The highest BCUT2D eigenvalue weighted by molar-refractivity contribution is 7.09. The van der Waals surface area contributed by atoms with Gasteiger partial charge in [0.2, 0.25) is 0 Å². The Labute approximate surface area is 114 Å². The number of hydrogen-bond donors (Lipinski definition) is 1. The van der Waals surface area contributed by atoms with Crippen LogP contribution in [0.4, 0.5) is 11.5 Å². The minimum atomic E-state index is -0.432. The minimum Gasteiger partial charge on any atom is -0.359 e. The Morgan fingerprint density at radius 1 is 1.42 bits per heavy atom. The monoisotopic (exact) mass is 278 g/mol. The van der Waals surface area contributed by atoms with E-state index in [9.17, 15) is 10.1 Å². The van der Waals surface area contributed by atoms with Gasteiger partial charge < -0.3 is 5.32 Å². The molecule has 0 unspecified atom stereocenters. The number of rotatable bonds is 4. The van der Waals surface area contributed by atoms with Gasteiger partial charge in [-0.3, -0.25) is 10.1 Å². The molecule has 0 atom stereocenters. The summed E-state index contributed by atoms with van der Waals surface area (Å²) in [5.74, 6) is 0.600. The number of hydrogen-bond acceptors (Lipinski definition) is 6. The molecule has 0 aliphatic carbocycles. The molecule has 0 aliphatic heterocycles. The first kappa shape index (κ1) is 13.4. The van der Waals surface area contributed by atoms with Crippen LogP contribution in [0.2, 0.25) is 0 Å². The van der Waals surface area contributed by atoms with E-state index in [1.165, 1.54) is 6.20 Å². The third kappa shape index (κ3) is 2.87. The molecule has 0 aromatic carbocycles. The lowest BCUT2D eigenvalue weighted by molar-refractivity contribution is -0.385. The Kier molecular flexibility index (Phi) is 3.48. The Morgan fingerprint density at radius 3 is 2.68 bits per heavy atom. The molecule has 19 heavy (non-hydrogen) atoms. The summed E-state index contributed by atoms with van der Waals surface area (Å²) in [4.78, 5) is 18.7. The van der Waals surface area contributed by atoms with Crippen molar-refractivity contribution in [1.29, 1.82) is 0 Å². The average Bonchev–Trinajstić information content (AvgIpc) is 2.81. The maximum Gasteiger partial charge on any atom is 0.290 e. The number of aryl methyl sites for hydroxylation is 1. The molecular formula is C12H14N4O2S. The van der Waals surface area contributed by atoms with E-state index in [1.807, 2.05) is 19.2 Å². The van der Waals surface area contributed by atoms with E-state index in [1.54, 1.807) is 30.5 Å². The molecule has 100 valence electrons. The normalized spacial score (nSPS) is 11.3. The van der Waals surface area contributed by atoms with Crippen molar-refractivity contribution in [2.75, 3.05) is 5.32 Å². The van der Waals surface area contributed by atoms with Gasteiger partial charge in [-0.2, -0.15) is 0 Å². The van der Waals surface area contributed by atoms with Crippen molar-refractivity contribution in [3.8, 4) is 0 Å². The highest BCUT2D eigenvalue weighted by Gasteiger charge is 2.24. The highest BCUT2D eigenvalue weighted by Crippen LogP contribution is 2.27. The lowest BCUT2D eigenvalue weighted by Crippen LogP contribution is -2.28. The van der Waals surface area contributed by atoms with Gasteiger partial charge in [-0.25, -0.2) is 9.97 Å². The number of nitrogens with one attached hydrogen (secondary N) is 1. The minimum absolute atomic E-state index is 0.0256. The Balaban J connectivity index is 2.25. The maximum absolute atomic E-state index is 10.7. The predicted octanol–water partition coefficient (Wildman–Crippen LogP) is 3.10. The standard InChI is InChI=1S/C12H14N4O2S/c1-8-6-10(14-7-9(8)16(17)18)15-12(2,3)11-13-4-5-19-11/h4-7H,1-3H3,(H,14,15). The summed E-state index contributed by atoms with van der Waals surface area (Å²) < 4.78 is 0. The summed E-state index contributed by atoms with van der Waals surface area (Å²) in [6.07, 6.45) is 3.02. The van der Waals surface area contributed by atoms with Gasteiger partial charge in [0, 0.05) is 17.1 Å². The number of anilines is 1. The highest BCUT2D eigenvalue weighted by atomic mass is 32.1. The van der Waals surface area contributed by atoms with Crippen molar-refractivity contribution in [3.05, 3.63) is 44.5 Å². The average molecular weight is 278 g/mol. The van der Waals surface area contributed by atoms with Gasteiger partial charge in [0.25, 0.3) is 5.69 Å². The lowest BCUT2D eigenvalue weighted by Gasteiger charge is -2.24. The van der Waals surface area contributed by atoms with Gasteiger partial charge in [0.15, 0.2) is 0 Å². The van der Waals surface area contributed by atoms with Crippen molar-refractivity contribution in [1.82, 2.24) is 9.97 Å². The molecule has 2 aromatic heterocycles. The second-order valence-corrected chi connectivity index (χ2v) is 5.59. The summed E-state index contributed by atoms with van der Waals surface area (Å²) >= 11 is 1.55. The fourth-order valence-corrected chi connectivity index (χ4v) is 2.43. The topological polar surface area (TPSA) is 81.0 Å². The van der Waals surface area contributed by atoms with E-state index in [2.05, 4.69) is 15.3 Å². The summed E-state index contributed by atoms with van der Waals surface area (Å²) in [7, 11) is 0. The van der Waals surface area contributed by atoms with Crippen molar-refractivity contribution in [2.45, 2.75) is 26.3 Å². The number of thiazole rings is 1. The number of nitrogens with zero attached hydrogens (tertiary/aromatic N) is 3. The van der Waals surface area contributed by atoms with Crippen LogP contribution >= 0.6 is 11.3 Å². The largest absolute Gasteiger partial charge is 0.359 e. The third-order valence-electron chi connectivity index (χ3n) is 2.69. The molecule has 6 nitrogen and oxygen atoms in total. The summed E-state index contributed by atoms with van der Waals surface area (Å²) in [6, 6.07) is 1.67. The number of pyridine rings is 1.